The van der Waals surface area contributed by atoms with E-state index in [4.69, 9.17) is 10.1 Å². The molecule has 0 unspecified atom stereocenters. The minimum atomic E-state index is -4.38. The van der Waals surface area contributed by atoms with E-state index in [-0.39, 0.29) is 19.1 Å². The van der Waals surface area contributed by atoms with Crippen molar-refractivity contribution < 1.29 is 22.7 Å². The highest BCUT2D eigenvalue weighted by atomic mass is 19.4. The third-order valence-electron chi connectivity index (χ3n) is 4.20. The number of carbonyl (C=O) groups is 1. The lowest BCUT2D eigenvalue weighted by molar-refractivity contribution is -0.137. The Morgan fingerprint density at radius 1 is 1.00 bits per heavy atom. The molecule has 0 radical (unpaired) electrons. The summed E-state index contributed by atoms with van der Waals surface area (Å²) < 4.78 is 43.3. The molecule has 3 rings (SSSR count). The second-order valence-electron chi connectivity index (χ2n) is 6.10. The number of ether oxygens (including phenoxy) is 1. The third-order valence-corrected chi connectivity index (χ3v) is 4.20. The highest BCUT2D eigenvalue weighted by molar-refractivity contribution is 6.01. The number of benzene rings is 3. The number of amides is 1. The molecule has 0 aromatic heterocycles. The van der Waals surface area contributed by atoms with E-state index in [0.29, 0.717) is 11.3 Å². The van der Waals surface area contributed by atoms with Crippen LogP contribution in [0.25, 0.3) is 10.8 Å². The van der Waals surface area contributed by atoms with Crippen molar-refractivity contribution >= 4 is 22.9 Å². The van der Waals surface area contributed by atoms with Crippen molar-refractivity contribution in [3.05, 3.63) is 77.4 Å². The zero-order valence-electron chi connectivity index (χ0n) is 14.7. The van der Waals surface area contributed by atoms with Crippen molar-refractivity contribution in [3.63, 3.8) is 0 Å². The van der Waals surface area contributed by atoms with Crippen molar-refractivity contribution in [3.8, 4) is 5.75 Å². The predicted octanol–water partition coefficient (Wildman–Crippen LogP) is 4.55. The first-order valence-corrected chi connectivity index (χ1v) is 8.46. The van der Waals surface area contributed by atoms with Gasteiger partial charge in [-0.15, -0.1) is 0 Å². The van der Waals surface area contributed by atoms with Gasteiger partial charge in [-0.3, -0.25) is 4.79 Å². The Labute approximate surface area is 159 Å². The fraction of sp³-hybridized carbons (Fsp3) is 0.143. The fourth-order valence-corrected chi connectivity index (χ4v) is 2.75. The minimum absolute atomic E-state index is 0.105. The van der Waals surface area contributed by atoms with Crippen LogP contribution in [0.15, 0.2) is 60.7 Å². The van der Waals surface area contributed by atoms with Crippen LogP contribution in [0.3, 0.4) is 0 Å². The number of rotatable bonds is 6. The number of alkyl halides is 3. The lowest BCUT2D eigenvalue weighted by Crippen LogP contribution is -2.28. The van der Waals surface area contributed by atoms with Crippen LogP contribution in [0, 0.1) is 5.41 Å². The molecule has 7 heteroatoms. The zero-order valence-corrected chi connectivity index (χ0v) is 14.7. The highest BCUT2D eigenvalue weighted by Crippen LogP contribution is 2.29. The van der Waals surface area contributed by atoms with Crippen molar-refractivity contribution in [2.45, 2.75) is 12.7 Å². The smallest absolute Gasteiger partial charge is 0.416 e. The van der Waals surface area contributed by atoms with Crippen LogP contribution in [0.5, 0.6) is 5.75 Å². The molecule has 1 amide bonds. The summed E-state index contributed by atoms with van der Waals surface area (Å²) in [6.07, 6.45) is -3.13. The molecular formula is C21H17F3N2O2. The molecule has 144 valence electrons. The van der Waals surface area contributed by atoms with Gasteiger partial charge in [0.05, 0.1) is 5.56 Å². The summed E-state index contributed by atoms with van der Waals surface area (Å²) >= 11 is 0. The molecule has 2 N–H and O–H groups in total. The summed E-state index contributed by atoms with van der Waals surface area (Å²) in [6.45, 7) is -0.123. The van der Waals surface area contributed by atoms with E-state index in [9.17, 15) is 18.0 Å². The van der Waals surface area contributed by atoms with Gasteiger partial charge in [0.1, 0.15) is 5.75 Å². The van der Waals surface area contributed by atoms with Gasteiger partial charge >= 0.3 is 6.18 Å². The van der Waals surface area contributed by atoms with E-state index in [1.807, 2.05) is 24.3 Å². The average Bonchev–Trinajstić information content (AvgIpc) is 2.70. The molecule has 28 heavy (non-hydrogen) atoms. The van der Waals surface area contributed by atoms with E-state index in [1.54, 1.807) is 12.1 Å². The molecule has 3 aromatic carbocycles. The van der Waals surface area contributed by atoms with Gasteiger partial charge in [0.15, 0.2) is 6.61 Å². The topological polar surface area (TPSA) is 62.2 Å². The van der Waals surface area contributed by atoms with E-state index < -0.39 is 11.7 Å². The SMILES string of the molecule is N=Cc1ccc(OCC(=O)NCc2ccc(C(F)(F)F)cc2)c2ccccc12. The summed E-state index contributed by atoms with van der Waals surface area (Å²) in [6, 6.07) is 15.5. The van der Waals surface area contributed by atoms with Crippen LogP contribution in [0.2, 0.25) is 0 Å². The third kappa shape index (κ3) is 4.49. The first kappa shape index (κ1) is 19.4. The van der Waals surface area contributed by atoms with Crippen molar-refractivity contribution in [1.82, 2.24) is 5.32 Å². The van der Waals surface area contributed by atoms with Gasteiger partial charge in [-0.25, -0.2) is 0 Å². The summed E-state index contributed by atoms with van der Waals surface area (Å²) in [5.41, 5.74) is 0.572. The quantitative estimate of drug-likeness (QED) is 0.611. The lowest BCUT2D eigenvalue weighted by atomic mass is 10.0. The molecule has 0 heterocycles. The Balaban J connectivity index is 1.59. The molecule has 0 fully saturated rings. The molecule has 0 aliphatic carbocycles. The summed E-state index contributed by atoms with van der Waals surface area (Å²) in [7, 11) is 0. The van der Waals surface area contributed by atoms with Gasteiger partial charge in [-0.05, 0) is 35.2 Å². The Morgan fingerprint density at radius 3 is 2.32 bits per heavy atom. The van der Waals surface area contributed by atoms with Crippen LogP contribution < -0.4 is 10.1 Å². The molecule has 0 saturated carbocycles. The first-order valence-electron chi connectivity index (χ1n) is 8.46. The highest BCUT2D eigenvalue weighted by Gasteiger charge is 2.29. The zero-order chi connectivity index (χ0) is 20.1. The maximum Gasteiger partial charge on any atom is 0.416 e. The summed E-state index contributed by atoms with van der Waals surface area (Å²) in [4.78, 5) is 12.0. The molecule has 4 nitrogen and oxygen atoms in total. The normalized spacial score (nSPS) is 11.2. The van der Waals surface area contributed by atoms with Gasteiger partial charge in [0.25, 0.3) is 5.91 Å². The standard InChI is InChI=1S/C21H17F3N2O2/c22-21(23,24)16-8-5-14(6-9-16)12-26-20(27)13-28-19-10-7-15(11-25)17-3-1-2-4-18(17)19/h1-11,25H,12-13H2,(H,26,27). The van der Waals surface area contributed by atoms with E-state index in [2.05, 4.69) is 5.32 Å². The van der Waals surface area contributed by atoms with Gasteiger partial charge < -0.3 is 15.5 Å². The molecule has 0 aliphatic rings. The molecule has 0 bridgehead atoms. The first-order chi connectivity index (χ1) is 13.4. The van der Waals surface area contributed by atoms with Crippen LogP contribution >= 0.6 is 0 Å². The molecule has 0 saturated heterocycles. The van der Waals surface area contributed by atoms with Crippen molar-refractivity contribution in [1.29, 1.82) is 5.41 Å². The van der Waals surface area contributed by atoms with E-state index in [0.717, 1.165) is 28.5 Å². The number of hydrogen-bond donors (Lipinski definition) is 2. The van der Waals surface area contributed by atoms with Gasteiger partial charge in [-0.1, -0.05) is 36.4 Å². The van der Waals surface area contributed by atoms with E-state index in [1.165, 1.54) is 18.3 Å². The number of carbonyl (C=O) groups excluding carboxylic acids is 1. The monoisotopic (exact) mass is 386 g/mol. The maximum atomic E-state index is 12.6. The van der Waals surface area contributed by atoms with Gasteiger partial charge in [0, 0.05) is 23.7 Å². The Bertz CT molecular complexity index is 999. The van der Waals surface area contributed by atoms with Crippen molar-refractivity contribution in [2.24, 2.45) is 0 Å². The minimum Gasteiger partial charge on any atom is -0.483 e. The van der Waals surface area contributed by atoms with Crippen molar-refractivity contribution in [2.75, 3.05) is 6.61 Å². The fourth-order valence-electron chi connectivity index (χ4n) is 2.75. The van der Waals surface area contributed by atoms with Crippen LogP contribution in [-0.4, -0.2) is 18.7 Å². The summed E-state index contributed by atoms with van der Waals surface area (Å²) in [5.74, 6) is 0.131. The molecule has 3 aromatic rings. The molecule has 0 spiro atoms. The van der Waals surface area contributed by atoms with Gasteiger partial charge in [0.2, 0.25) is 0 Å². The number of halogens is 3. The molecule has 0 aliphatic heterocycles. The average molecular weight is 386 g/mol. The molecule has 0 atom stereocenters. The number of fused-ring (bicyclic) bond motifs is 1. The Kier molecular flexibility index (Phi) is 5.63. The number of hydrogen-bond acceptors (Lipinski definition) is 3. The number of nitrogens with one attached hydrogen (secondary N) is 2. The maximum absolute atomic E-state index is 12.6. The van der Waals surface area contributed by atoms with Gasteiger partial charge in [-0.2, -0.15) is 13.2 Å². The largest absolute Gasteiger partial charge is 0.483 e. The second kappa shape index (κ2) is 8.12. The van der Waals surface area contributed by atoms with Crippen LogP contribution in [-0.2, 0) is 17.5 Å². The Morgan fingerprint density at radius 2 is 1.68 bits per heavy atom. The van der Waals surface area contributed by atoms with E-state index >= 15 is 0 Å². The lowest BCUT2D eigenvalue weighted by Gasteiger charge is -2.12. The summed E-state index contributed by atoms with van der Waals surface area (Å²) in [5, 5.41) is 11.7. The molecular weight excluding hydrogens is 369 g/mol. The van der Waals surface area contributed by atoms with Crippen LogP contribution in [0.4, 0.5) is 13.2 Å². The predicted molar refractivity (Wildman–Crippen MR) is 101 cm³/mol. The second-order valence-corrected chi connectivity index (χ2v) is 6.10. The Hall–Kier alpha value is -3.35. The van der Waals surface area contributed by atoms with Crippen LogP contribution in [0.1, 0.15) is 16.7 Å².